The van der Waals surface area contributed by atoms with E-state index in [1.807, 2.05) is 29.3 Å². The van der Waals surface area contributed by atoms with Gasteiger partial charge in [-0.25, -0.2) is 8.42 Å². The number of thiophene rings is 1. The maximum absolute atomic E-state index is 11.6. The normalized spacial score (nSPS) is 21.3. The smallest absolute Gasteiger partial charge is 0.256 e. The molecule has 1 aromatic heterocycles. The molecule has 0 aromatic carbocycles. The minimum atomic E-state index is -3.34. The van der Waals surface area contributed by atoms with Gasteiger partial charge >= 0.3 is 0 Å². The summed E-state index contributed by atoms with van der Waals surface area (Å²) >= 11 is 7.32. The monoisotopic (exact) mass is 300 g/mol. The number of halogens is 1. The van der Waals surface area contributed by atoms with E-state index in [9.17, 15) is 8.42 Å². The number of sulfonamides is 1. The first-order valence-electron chi connectivity index (χ1n) is 5.29. The van der Waals surface area contributed by atoms with Crippen molar-refractivity contribution in [3.8, 4) is 0 Å². The Bertz CT molecular complexity index is 686. The van der Waals surface area contributed by atoms with Gasteiger partial charge in [-0.05, 0) is 24.3 Å². The first kappa shape index (κ1) is 12.0. The average molecular weight is 301 g/mol. The Balaban J connectivity index is 2.12. The van der Waals surface area contributed by atoms with Crippen molar-refractivity contribution in [2.45, 2.75) is 0 Å². The van der Waals surface area contributed by atoms with Gasteiger partial charge in [0.2, 0.25) is 0 Å². The van der Waals surface area contributed by atoms with E-state index in [1.165, 1.54) is 11.3 Å². The van der Waals surface area contributed by atoms with Crippen LogP contribution in [0.25, 0.3) is 5.57 Å². The van der Waals surface area contributed by atoms with Crippen molar-refractivity contribution in [3.05, 3.63) is 39.7 Å². The molecule has 0 saturated carbocycles. The van der Waals surface area contributed by atoms with Crippen molar-refractivity contribution in [2.24, 2.45) is 4.40 Å². The van der Waals surface area contributed by atoms with Crippen LogP contribution in [0.15, 0.2) is 34.9 Å². The molecule has 0 radical (unpaired) electrons. The van der Waals surface area contributed by atoms with Gasteiger partial charge < -0.3 is 4.90 Å². The molecule has 0 fully saturated rings. The van der Waals surface area contributed by atoms with Crippen LogP contribution in [0.2, 0.25) is 4.34 Å². The Labute approximate surface area is 114 Å². The Morgan fingerprint density at radius 3 is 2.94 bits per heavy atom. The SMILES string of the molecule is O=S1(=O)CCN2C=CC=C(c3ccc(Cl)s3)C2=N1. The van der Waals surface area contributed by atoms with Crippen molar-refractivity contribution in [1.82, 2.24) is 4.90 Å². The van der Waals surface area contributed by atoms with Gasteiger partial charge in [-0.3, -0.25) is 0 Å². The first-order chi connectivity index (χ1) is 8.55. The number of hydrogen-bond acceptors (Lipinski definition) is 4. The summed E-state index contributed by atoms with van der Waals surface area (Å²) < 4.78 is 27.7. The minimum Gasteiger partial charge on any atom is -0.331 e. The van der Waals surface area contributed by atoms with Gasteiger partial charge in [0.25, 0.3) is 10.0 Å². The van der Waals surface area contributed by atoms with E-state index < -0.39 is 10.0 Å². The second-order valence-corrected chi connectivity index (χ2v) is 7.39. The number of amidine groups is 1. The molecule has 1 aromatic rings. The fourth-order valence-corrected chi connectivity index (χ4v) is 3.92. The molecule has 0 saturated heterocycles. The Kier molecular flexibility index (Phi) is 2.80. The molecule has 0 N–H and O–H groups in total. The lowest BCUT2D eigenvalue weighted by molar-refractivity contribution is 0.550. The molecule has 0 bridgehead atoms. The fraction of sp³-hybridized carbons (Fsp3) is 0.182. The lowest BCUT2D eigenvalue weighted by atomic mass is 10.1. The molecule has 4 nitrogen and oxygen atoms in total. The van der Waals surface area contributed by atoms with Crippen LogP contribution >= 0.6 is 22.9 Å². The van der Waals surface area contributed by atoms with E-state index in [-0.39, 0.29) is 5.75 Å². The Morgan fingerprint density at radius 2 is 2.22 bits per heavy atom. The molecule has 2 aliphatic heterocycles. The fourth-order valence-electron chi connectivity index (χ4n) is 1.87. The molecule has 0 aliphatic carbocycles. The van der Waals surface area contributed by atoms with Gasteiger partial charge in [0.05, 0.1) is 10.1 Å². The van der Waals surface area contributed by atoms with Crippen LogP contribution < -0.4 is 0 Å². The maximum Gasteiger partial charge on any atom is 0.256 e. The second kappa shape index (κ2) is 4.22. The summed E-state index contributed by atoms with van der Waals surface area (Å²) in [6, 6.07) is 3.67. The summed E-state index contributed by atoms with van der Waals surface area (Å²) in [6.45, 7) is 0.439. The molecular weight excluding hydrogens is 292 g/mol. The molecule has 94 valence electrons. The Morgan fingerprint density at radius 1 is 1.39 bits per heavy atom. The quantitative estimate of drug-likeness (QED) is 0.800. The zero-order valence-corrected chi connectivity index (χ0v) is 11.6. The molecule has 2 aliphatic rings. The Hall–Kier alpha value is -1.11. The van der Waals surface area contributed by atoms with E-state index in [1.54, 1.807) is 6.07 Å². The molecular formula is C11H9ClN2O2S2. The topological polar surface area (TPSA) is 49.7 Å². The van der Waals surface area contributed by atoms with E-state index in [0.29, 0.717) is 16.7 Å². The zero-order valence-electron chi connectivity index (χ0n) is 9.21. The summed E-state index contributed by atoms with van der Waals surface area (Å²) in [4.78, 5) is 2.77. The second-order valence-electron chi connectivity index (χ2n) is 3.92. The summed E-state index contributed by atoms with van der Waals surface area (Å²) in [5, 5.41) is 0. The van der Waals surface area contributed by atoms with Crippen LogP contribution in [-0.2, 0) is 10.0 Å². The maximum atomic E-state index is 11.6. The average Bonchev–Trinajstić information content (AvgIpc) is 2.74. The molecule has 7 heteroatoms. The van der Waals surface area contributed by atoms with Crippen LogP contribution in [0.1, 0.15) is 4.88 Å². The van der Waals surface area contributed by atoms with Crippen molar-refractivity contribution in [1.29, 1.82) is 0 Å². The van der Waals surface area contributed by atoms with Crippen LogP contribution in [0.4, 0.5) is 0 Å². The highest BCUT2D eigenvalue weighted by molar-refractivity contribution is 7.90. The van der Waals surface area contributed by atoms with Gasteiger partial charge in [0.1, 0.15) is 0 Å². The number of nitrogens with zero attached hydrogens (tertiary/aromatic N) is 2. The van der Waals surface area contributed by atoms with Crippen molar-refractivity contribution in [3.63, 3.8) is 0 Å². The van der Waals surface area contributed by atoms with Crippen LogP contribution in [0.5, 0.6) is 0 Å². The van der Waals surface area contributed by atoms with Crippen LogP contribution in [0, 0.1) is 0 Å². The molecule has 3 heterocycles. The number of allylic oxidation sites excluding steroid dienone is 2. The lowest BCUT2D eigenvalue weighted by Crippen LogP contribution is -2.37. The summed E-state index contributed by atoms with van der Waals surface area (Å²) in [6.07, 6.45) is 5.59. The van der Waals surface area contributed by atoms with E-state index in [2.05, 4.69) is 4.40 Å². The highest BCUT2D eigenvalue weighted by Gasteiger charge is 2.27. The predicted molar refractivity (Wildman–Crippen MR) is 74.4 cm³/mol. The molecule has 0 spiro atoms. The van der Waals surface area contributed by atoms with Gasteiger partial charge in [-0.1, -0.05) is 11.6 Å². The highest BCUT2D eigenvalue weighted by atomic mass is 35.5. The van der Waals surface area contributed by atoms with Crippen LogP contribution in [0.3, 0.4) is 0 Å². The molecule has 0 atom stereocenters. The van der Waals surface area contributed by atoms with E-state index >= 15 is 0 Å². The standard InChI is InChI=1S/C11H9ClN2O2S2/c12-10-4-3-9(17-10)8-2-1-5-14-6-7-18(15,16)13-11(8)14/h1-5H,6-7H2. The summed E-state index contributed by atoms with van der Waals surface area (Å²) in [7, 11) is -3.34. The number of fused-ring (bicyclic) bond motifs is 1. The van der Waals surface area contributed by atoms with Crippen molar-refractivity contribution in [2.75, 3.05) is 12.3 Å². The number of rotatable bonds is 1. The third kappa shape index (κ3) is 2.11. The van der Waals surface area contributed by atoms with Crippen molar-refractivity contribution >= 4 is 44.4 Å². The first-order valence-corrected chi connectivity index (χ1v) is 8.09. The van der Waals surface area contributed by atoms with Crippen LogP contribution in [-0.4, -0.2) is 31.5 Å². The van der Waals surface area contributed by atoms with Gasteiger partial charge in [-0.2, -0.15) is 0 Å². The van der Waals surface area contributed by atoms with Gasteiger partial charge in [0.15, 0.2) is 5.84 Å². The largest absolute Gasteiger partial charge is 0.331 e. The molecule has 18 heavy (non-hydrogen) atoms. The van der Waals surface area contributed by atoms with Gasteiger partial charge in [-0.15, -0.1) is 15.7 Å². The predicted octanol–water partition coefficient (Wildman–Crippen LogP) is 2.36. The lowest BCUT2D eigenvalue weighted by Gasteiger charge is -2.28. The molecule has 0 amide bonds. The minimum absolute atomic E-state index is 0.0549. The third-order valence-electron chi connectivity index (χ3n) is 2.70. The summed E-state index contributed by atoms with van der Waals surface area (Å²) in [5.74, 6) is 0.543. The van der Waals surface area contributed by atoms with E-state index in [4.69, 9.17) is 11.6 Å². The highest BCUT2D eigenvalue weighted by Crippen LogP contribution is 2.32. The summed E-state index contributed by atoms with van der Waals surface area (Å²) in [5.41, 5.74) is 0.803. The number of hydrogen-bond donors (Lipinski definition) is 0. The van der Waals surface area contributed by atoms with Gasteiger partial charge in [0, 0.05) is 23.2 Å². The third-order valence-corrected chi connectivity index (χ3v) is 5.11. The molecule has 3 rings (SSSR count). The van der Waals surface area contributed by atoms with E-state index in [0.717, 1.165) is 10.5 Å². The zero-order chi connectivity index (χ0) is 12.8. The molecule has 0 unspecified atom stereocenters. The van der Waals surface area contributed by atoms with Crippen molar-refractivity contribution < 1.29 is 8.42 Å².